The van der Waals surface area contributed by atoms with Gasteiger partial charge in [-0.1, -0.05) is 52.3 Å². The zero-order valence-electron chi connectivity index (χ0n) is 29.2. The normalized spacial score (nSPS) is 13.5. The summed E-state index contributed by atoms with van der Waals surface area (Å²) >= 11 is 0. The average molecular weight is 684 g/mol. The molecule has 0 saturated heterocycles. The Kier molecular flexibility index (Phi) is 13.2. The molecule has 49 heavy (non-hydrogen) atoms. The molecule has 10 heteroatoms. The lowest BCUT2D eigenvalue weighted by molar-refractivity contribution is -0.112. The molecular weight excluding hydrogens is 635 g/mol. The fourth-order valence-corrected chi connectivity index (χ4v) is 6.88. The number of aromatic nitrogens is 3. The second-order valence-corrected chi connectivity index (χ2v) is 14.2. The van der Waals surface area contributed by atoms with Crippen molar-refractivity contribution in [1.29, 1.82) is 0 Å². The Balaban J connectivity index is 1.28. The quantitative estimate of drug-likeness (QED) is 0.114. The third kappa shape index (κ3) is 10.1. The second-order valence-electron chi connectivity index (χ2n) is 12.8. The topological polar surface area (TPSA) is 98.6 Å². The highest BCUT2D eigenvalue weighted by Crippen LogP contribution is 2.34. The maximum Gasteiger partial charge on any atom is 0.251 e. The van der Waals surface area contributed by atoms with E-state index in [1.165, 1.54) is 0 Å². The monoisotopic (exact) mass is 683 g/mol. The van der Waals surface area contributed by atoms with Crippen molar-refractivity contribution in [2.75, 3.05) is 43.1 Å². The summed E-state index contributed by atoms with van der Waals surface area (Å²) in [6.45, 7) is 13.0. The molecule has 1 atom stereocenters. The molecule has 5 rings (SSSR count). The number of rotatable bonds is 17. The minimum Gasteiger partial charge on any atom is -0.491 e. The number of nitrogens with one attached hydrogen (secondary N) is 1. The predicted molar refractivity (Wildman–Crippen MR) is 198 cm³/mol. The number of fused-ring (bicyclic) bond motifs is 1. The Hall–Kier alpha value is -4.28. The molecule has 0 saturated carbocycles. The highest BCUT2D eigenvalue weighted by molar-refractivity contribution is 7.84. The van der Waals surface area contributed by atoms with Gasteiger partial charge in [-0.15, -0.1) is 10.2 Å². The van der Waals surface area contributed by atoms with Crippen molar-refractivity contribution in [3.05, 3.63) is 90.0 Å². The average Bonchev–Trinajstić information content (AvgIpc) is 3.45. The number of carbonyl (C=O) groups is 1. The maximum atomic E-state index is 13.6. The molecule has 0 bridgehead atoms. The number of unbranched alkanes of at least 4 members (excludes halogenated alkanes) is 1. The second kappa shape index (κ2) is 17.9. The van der Waals surface area contributed by atoms with Gasteiger partial charge in [-0.25, -0.2) is 0 Å². The molecule has 9 nitrogen and oxygen atoms in total. The molecule has 3 aromatic carbocycles. The summed E-state index contributed by atoms with van der Waals surface area (Å²) in [5.41, 5.74) is 5.69. The number of benzene rings is 3. The highest BCUT2D eigenvalue weighted by atomic mass is 32.2. The molecule has 1 amide bonds. The van der Waals surface area contributed by atoms with Gasteiger partial charge in [0, 0.05) is 48.1 Å². The van der Waals surface area contributed by atoms with Crippen LogP contribution in [-0.4, -0.2) is 57.8 Å². The van der Waals surface area contributed by atoms with Crippen molar-refractivity contribution in [3.8, 4) is 16.9 Å². The number of carbonyl (C=O) groups excluding carboxylic acids is 1. The maximum absolute atomic E-state index is 13.6. The molecular formula is C39H49N5O4S. The Morgan fingerprint density at radius 2 is 1.73 bits per heavy atom. The molecule has 0 unspecified atom stereocenters. The molecule has 4 aromatic rings. The molecule has 0 radical (unpaired) electrons. The molecule has 0 fully saturated rings. The van der Waals surface area contributed by atoms with Gasteiger partial charge in [0.05, 0.1) is 23.2 Å². The van der Waals surface area contributed by atoms with E-state index in [2.05, 4.69) is 78.4 Å². The number of anilines is 2. The highest BCUT2D eigenvalue weighted by Gasteiger charge is 2.21. The van der Waals surface area contributed by atoms with Crippen LogP contribution in [0.25, 0.3) is 17.2 Å². The van der Waals surface area contributed by atoms with Crippen LogP contribution in [-0.2, 0) is 32.6 Å². The lowest BCUT2D eigenvalue weighted by Crippen LogP contribution is -2.29. The summed E-state index contributed by atoms with van der Waals surface area (Å²) in [5.74, 6) is 2.15. The van der Waals surface area contributed by atoms with E-state index in [4.69, 9.17) is 9.47 Å². The molecule has 260 valence electrons. The molecule has 0 spiro atoms. The van der Waals surface area contributed by atoms with E-state index >= 15 is 0 Å². The number of nitrogens with zero attached hydrogens (tertiary/aromatic N) is 4. The van der Waals surface area contributed by atoms with E-state index in [1.54, 1.807) is 18.5 Å². The van der Waals surface area contributed by atoms with Crippen molar-refractivity contribution in [1.82, 2.24) is 14.8 Å². The summed E-state index contributed by atoms with van der Waals surface area (Å²) in [6, 6.07) is 21.8. The molecule has 1 aliphatic heterocycles. The van der Waals surface area contributed by atoms with Crippen LogP contribution in [0.4, 0.5) is 11.4 Å². The van der Waals surface area contributed by atoms with Gasteiger partial charge in [-0.2, -0.15) is 0 Å². The van der Waals surface area contributed by atoms with Crippen molar-refractivity contribution in [2.24, 2.45) is 5.92 Å². The lowest BCUT2D eigenvalue weighted by atomic mass is 10.00. The first-order valence-corrected chi connectivity index (χ1v) is 18.7. The Morgan fingerprint density at radius 1 is 0.959 bits per heavy atom. The van der Waals surface area contributed by atoms with Gasteiger partial charge in [0.15, 0.2) is 0 Å². The molecule has 1 aromatic heterocycles. The predicted octanol–water partition coefficient (Wildman–Crippen LogP) is 7.75. The van der Waals surface area contributed by atoms with E-state index in [0.717, 1.165) is 79.2 Å². The molecule has 0 aliphatic carbocycles. The number of amides is 1. The van der Waals surface area contributed by atoms with E-state index in [9.17, 15) is 9.00 Å². The van der Waals surface area contributed by atoms with Gasteiger partial charge in [-0.3, -0.25) is 9.00 Å². The van der Waals surface area contributed by atoms with Crippen LogP contribution in [0.2, 0.25) is 0 Å². The first-order valence-electron chi connectivity index (χ1n) is 17.4. The zero-order chi connectivity index (χ0) is 34.6. The summed E-state index contributed by atoms with van der Waals surface area (Å²) in [5, 5.41) is 11.2. The Morgan fingerprint density at radius 3 is 2.47 bits per heavy atom. The van der Waals surface area contributed by atoms with Crippen LogP contribution in [0.1, 0.15) is 64.8 Å². The van der Waals surface area contributed by atoms with Crippen molar-refractivity contribution in [2.45, 2.75) is 70.6 Å². The van der Waals surface area contributed by atoms with Gasteiger partial charge >= 0.3 is 0 Å². The Labute approximate surface area is 293 Å². The van der Waals surface area contributed by atoms with Gasteiger partial charge < -0.3 is 24.3 Å². The van der Waals surface area contributed by atoms with Gasteiger partial charge in [0.1, 0.15) is 24.5 Å². The standard InChI is InChI=1S/C39H49N5O4S/c1-5-7-21-47-22-23-48-35-13-8-30(9-14-35)31-10-17-37-33(24-31)25-32(18-20-43(37)26-29(3)4)39(45)41-34-11-15-36(16-12-34)49(46)27-38-42-40-28-44(38)19-6-2/h8-17,24-25,28-29H,5-7,18-23,26-27H2,1-4H3,(H,41,45)/t49-/m1/s1. The lowest BCUT2D eigenvalue weighted by Gasteiger charge is -2.27. The van der Waals surface area contributed by atoms with Gasteiger partial charge in [0.2, 0.25) is 0 Å². The first kappa shape index (κ1) is 36.0. The van der Waals surface area contributed by atoms with E-state index in [-0.39, 0.29) is 5.91 Å². The van der Waals surface area contributed by atoms with E-state index in [0.29, 0.717) is 47.7 Å². The zero-order valence-corrected chi connectivity index (χ0v) is 30.0. The van der Waals surface area contributed by atoms with E-state index < -0.39 is 10.8 Å². The SMILES string of the molecule is CCCCOCCOc1ccc(-c2ccc3c(c2)C=C(C(=O)Nc2ccc([S@](=O)Cc4nncn4CCC)cc2)CCN3CC(C)C)cc1. The fourth-order valence-electron chi connectivity index (χ4n) is 5.81. The number of hydrogen-bond acceptors (Lipinski definition) is 7. The fraction of sp³-hybridized carbons (Fsp3) is 0.410. The Bertz CT molecular complexity index is 1720. The van der Waals surface area contributed by atoms with Crippen molar-refractivity contribution >= 4 is 34.2 Å². The van der Waals surface area contributed by atoms with Crippen molar-refractivity contribution in [3.63, 3.8) is 0 Å². The smallest absolute Gasteiger partial charge is 0.251 e. The summed E-state index contributed by atoms with van der Waals surface area (Å²) in [4.78, 5) is 16.7. The summed E-state index contributed by atoms with van der Waals surface area (Å²) < 4.78 is 26.5. The van der Waals surface area contributed by atoms with Crippen LogP contribution in [0, 0.1) is 5.92 Å². The number of hydrogen-bond donors (Lipinski definition) is 1. The molecule has 1 N–H and O–H groups in total. The van der Waals surface area contributed by atoms with Gasteiger partial charge in [-0.05, 0) is 96.5 Å². The van der Waals surface area contributed by atoms with Crippen LogP contribution >= 0.6 is 0 Å². The van der Waals surface area contributed by atoms with Gasteiger partial charge in [0.25, 0.3) is 5.91 Å². The van der Waals surface area contributed by atoms with Crippen LogP contribution < -0.4 is 15.0 Å². The van der Waals surface area contributed by atoms with Crippen LogP contribution in [0.3, 0.4) is 0 Å². The number of aryl methyl sites for hydroxylation is 1. The third-order valence-electron chi connectivity index (χ3n) is 8.35. The third-order valence-corrected chi connectivity index (χ3v) is 9.67. The van der Waals surface area contributed by atoms with Crippen LogP contribution in [0.15, 0.2) is 83.5 Å². The van der Waals surface area contributed by atoms with Crippen LogP contribution in [0.5, 0.6) is 5.75 Å². The minimum atomic E-state index is -1.28. The summed E-state index contributed by atoms with van der Waals surface area (Å²) in [6.07, 6.45) is 7.47. The molecule has 2 heterocycles. The van der Waals surface area contributed by atoms with E-state index in [1.807, 2.05) is 34.9 Å². The minimum absolute atomic E-state index is 0.135. The number of ether oxygens (including phenoxy) is 2. The first-order chi connectivity index (χ1) is 23.8. The largest absolute Gasteiger partial charge is 0.491 e. The summed E-state index contributed by atoms with van der Waals surface area (Å²) in [7, 11) is -1.28. The van der Waals surface area contributed by atoms with Crippen molar-refractivity contribution < 1.29 is 18.5 Å². The molecule has 1 aliphatic rings.